The van der Waals surface area contributed by atoms with Crippen LogP contribution in [-0.4, -0.2) is 33.0 Å². The van der Waals surface area contributed by atoms with Gasteiger partial charge in [0.05, 0.1) is 11.1 Å². The lowest BCUT2D eigenvalue weighted by atomic mass is 9.81. The van der Waals surface area contributed by atoms with Gasteiger partial charge in [-0.3, -0.25) is 14.5 Å². The number of imide groups is 1. The molecule has 1 aliphatic carbocycles. The van der Waals surface area contributed by atoms with Gasteiger partial charge >= 0.3 is 0 Å². The average Bonchev–Trinajstić information content (AvgIpc) is 2.59. The molecule has 1 saturated heterocycles. The molecular weight excluding hydrogens is 218 g/mol. The number of hydrogen-bond acceptors (Lipinski definition) is 3. The number of fused-ring (bicyclic) bond motifs is 2. The summed E-state index contributed by atoms with van der Waals surface area (Å²) in [5.41, 5.74) is -1.96. The Morgan fingerprint density at radius 2 is 1.47 bits per heavy atom. The van der Waals surface area contributed by atoms with E-state index in [0.29, 0.717) is 6.42 Å². The van der Waals surface area contributed by atoms with Gasteiger partial charge in [-0.1, -0.05) is 0 Å². The number of nitrogens with zero attached hydrogens (tertiary/aromatic N) is 1. The molecule has 0 aromatic carbocycles. The number of piperidine rings is 1. The number of rotatable bonds is 2. The smallest absolute Gasteiger partial charge is 0.232 e. The molecule has 1 aliphatic heterocycles. The lowest BCUT2D eigenvalue weighted by Gasteiger charge is -2.47. The second-order valence-corrected chi connectivity index (χ2v) is 6.34. The topological polar surface area (TPSA) is 57.6 Å². The van der Waals surface area contributed by atoms with Gasteiger partial charge in [0.15, 0.2) is 0 Å². The Morgan fingerprint density at radius 3 is 1.82 bits per heavy atom. The molecule has 2 fully saturated rings. The van der Waals surface area contributed by atoms with Crippen molar-refractivity contribution in [1.29, 1.82) is 0 Å². The van der Waals surface area contributed by atoms with Crippen molar-refractivity contribution in [1.82, 2.24) is 4.90 Å². The number of carbonyl (C=O) groups excluding carboxylic acids is 2. The Labute approximate surface area is 102 Å². The SMILES string of the molecule is CC(C)(O)C(C)(C)N1C(=O)C2CCC(C2)C1=O. The van der Waals surface area contributed by atoms with Gasteiger partial charge in [-0.2, -0.15) is 0 Å². The van der Waals surface area contributed by atoms with Crippen LogP contribution in [0.5, 0.6) is 0 Å². The predicted octanol–water partition coefficient (Wildman–Crippen LogP) is 1.32. The Balaban J connectivity index is 2.38. The zero-order valence-corrected chi connectivity index (χ0v) is 11.0. The van der Waals surface area contributed by atoms with Crippen molar-refractivity contribution in [2.24, 2.45) is 11.8 Å². The van der Waals surface area contributed by atoms with Gasteiger partial charge in [0.1, 0.15) is 0 Å². The van der Waals surface area contributed by atoms with Gasteiger partial charge in [0, 0.05) is 11.8 Å². The molecule has 2 amide bonds. The third kappa shape index (κ3) is 1.69. The van der Waals surface area contributed by atoms with E-state index < -0.39 is 11.1 Å². The molecule has 17 heavy (non-hydrogen) atoms. The molecule has 4 heteroatoms. The van der Waals surface area contributed by atoms with E-state index in [2.05, 4.69) is 0 Å². The first-order valence-corrected chi connectivity index (χ1v) is 6.26. The predicted molar refractivity (Wildman–Crippen MR) is 63.1 cm³/mol. The number of hydrogen-bond donors (Lipinski definition) is 1. The minimum atomic E-state index is -1.10. The maximum Gasteiger partial charge on any atom is 0.232 e. The van der Waals surface area contributed by atoms with E-state index >= 15 is 0 Å². The molecule has 1 N–H and O–H groups in total. The van der Waals surface area contributed by atoms with Gasteiger partial charge in [-0.25, -0.2) is 0 Å². The number of amides is 2. The standard InChI is InChI=1S/C13H21NO3/c1-12(2,13(3,4)17)14-10(15)8-5-6-9(7-8)11(14)16/h8-9,17H,5-7H2,1-4H3. The van der Waals surface area contributed by atoms with Crippen LogP contribution in [0.3, 0.4) is 0 Å². The summed E-state index contributed by atoms with van der Waals surface area (Å²) in [6.45, 7) is 6.80. The van der Waals surface area contributed by atoms with E-state index in [0.717, 1.165) is 12.8 Å². The highest BCUT2D eigenvalue weighted by Crippen LogP contribution is 2.42. The second-order valence-electron chi connectivity index (χ2n) is 6.34. The highest BCUT2D eigenvalue weighted by atomic mass is 16.3. The molecule has 0 aromatic heterocycles. The zero-order chi connectivity index (χ0) is 13.0. The van der Waals surface area contributed by atoms with Crippen LogP contribution >= 0.6 is 0 Å². The molecule has 1 saturated carbocycles. The molecule has 1 heterocycles. The van der Waals surface area contributed by atoms with Gasteiger partial charge in [0.2, 0.25) is 11.8 Å². The third-order valence-electron chi connectivity index (χ3n) is 4.63. The van der Waals surface area contributed by atoms with Gasteiger partial charge in [-0.15, -0.1) is 0 Å². The zero-order valence-electron chi connectivity index (χ0n) is 11.0. The summed E-state index contributed by atoms with van der Waals surface area (Å²) in [6, 6.07) is 0. The van der Waals surface area contributed by atoms with Crippen LogP contribution in [0.15, 0.2) is 0 Å². The lowest BCUT2D eigenvalue weighted by Crippen LogP contribution is -2.64. The van der Waals surface area contributed by atoms with Gasteiger partial charge in [0.25, 0.3) is 0 Å². The average molecular weight is 239 g/mol. The van der Waals surface area contributed by atoms with Crippen LogP contribution < -0.4 is 0 Å². The number of aliphatic hydroxyl groups is 1. The fraction of sp³-hybridized carbons (Fsp3) is 0.846. The molecule has 2 aliphatic rings. The molecule has 0 spiro atoms. The van der Waals surface area contributed by atoms with Crippen molar-refractivity contribution in [3.05, 3.63) is 0 Å². The van der Waals surface area contributed by atoms with Gasteiger partial charge < -0.3 is 5.11 Å². The first-order valence-electron chi connectivity index (χ1n) is 6.26. The summed E-state index contributed by atoms with van der Waals surface area (Å²) in [7, 11) is 0. The molecular formula is C13H21NO3. The van der Waals surface area contributed by atoms with Crippen LogP contribution in [0.4, 0.5) is 0 Å². The van der Waals surface area contributed by atoms with E-state index in [1.165, 1.54) is 4.90 Å². The molecule has 0 aromatic rings. The van der Waals surface area contributed by atoms with E-state index in [1.54, 1.807) is 27.7 Å². The lowest BCUT2D eigenvalue weighted by molar-refractivity contribution is -0.170. The molecule has 4 nitrogen and oxygen atoms in total. The third-order valence-corrected chi connectivity index (χ3v) is 4.63. The van der Waals surface area contributed by atoms with Crippen LogP contribution in [0.2, 0.25) is 0 Å². The van der Waals surface area contributed by atoms with Gasteiger partial charge in [-0.05, 0) is 47.0 Å². The minimum absolute atomic E-state index is 0.0145. The van der Waals surface area contributed by atoms with Crippen LogP contribution in [0, 0.1) is 11.8 Å². The monoisotopic (exact) mass is 239 g/mol. The maximum atomic E-state index is 12.3. The Bertz CT molecular complexity index is 345. The Kier molecular flexibility index (Phi) is 2.62. The quantitative estimate of drug-likeness (QED) is 0.739. The van der Waals surface area contributed by atoms with Crippen molar-refractivity contribution in [3.63, 3.8) is 0 Å². The van der Waals surface area contributed by atoms with Crippen LogP contribution in [0.1, 0.15) is 47.0 Å². The summed E-state index contributed by atoms with van der Waals surface area (Å²) in [6.07, 6.45) is 2.33. The maximum absolute atomic E-state index is 12.3. The molecule has 0 radical (unpaired) electrons. The molecule has 2 atom stereocenters. The summed E-state index contributed by atoms with van der Waals surface area (Å²) < 4.78 is 0. The van der Waals surface area contributed by atoms with Crippen molar-refractivity contribution >= 4 is 11.8 Å². The Hall–Kier alpha value is -0.900. The highest BCUT2D eigenvalue weighted by Gasteiger charge is 2.54. The summed E-state index contributed by atoms with van der Waals surface area (Å²) in [5.74, 6) is -0.231. The molecule has 2 unspecified atom stereocenters. The molecule has 96 valence electrons. The number of carbonyl (C=O) groups is 2. The first kappa shape index (κ1) is 12.6. The Morgan fingerprint density at radius 1 is 1.06 bits per heavy atom. The summed E-state index contributed by atoms with van der Waals surface area (Å²) >= 11 is 0. The molecule has 2 bridgehead atoms. The largest absolute Gasteiger partial charge is 0.388 e. The fourth-order valence-corrected chi connectivity index (χ4v) is 2.73. The van der Waals surface area contributed by atoms with E-state index in [4.69, 9.17) is 0 Å². The fourth-order valence-electron chi connectivity index (χ4n) is 2.73. The van der Waals surface area contributed by atoms with Crippen LogP contribution in [-0.2, 0) is 9.59 Å². The van der Waals surface area contributed by atoms with Crippen molar-refractivity contribution < 1.29 is 14.7 Å². The van der Waals surface area contributed by atoms with Crippen molar-refractivity contribution in [2.75, 3.05) is 0 Å². The molecule has 2 rings (SSSR count). The van der Waals surface area contributed by atoms with E-state index in [1.807, 2.05) is 0 Å². The summed E-state index contributed by atoms with van der Waals surface area (Å²) in [4.78, 5) is 25.9. The minimum Gasteiger partial charge on any atom is -0.388 e. The van der Waals surface area contributed by atoms with E-state index in [-0.39, 0.29) is 23.7 Å². The number of likely N-dealkylation sites (tertiary alicyclic amines) is 1. The second kappa shape index (κ2) is 3.55. The van der Waals surface area contributed by atoms with Crippen molar-refractivity contribution in [2.45, 2.75) is 58.1 Å². The first-order chi connectivity index (χ1) is 7.66. The van der Waals surface area contributed by atoms with Crippen molar-refractivity contribution in [3.8, 4) is 0 Å². The van der Waals surface area contributed by atoms with E-state index in [9.17, 15) is 14.7 Å². The van der Waals surface area contributed by atoms with Crippen LogP contribution in [0.25, 0.3) is 0 Å². The highest BCUT2D eigenvalue weighted by molar-refractivity contribution is 6.01. The summed E-state index contributed by atoms with van der Waals surface area (Å²) in [5, 5.41) is 10.2. The normalized spacial score (nSPS) is 30.1.